The third-order valence-electron chi connectivity index (χ3n) is 2.89. The van der Waals surface area contributed by atoms with Gasteiger partial charge in [-0.05, 0) is 12.5 Å². The topological polar surface area (TPSA) is 58.0 Å². The summed E-state index contributed by atoms with van der Waals surface area (Å²) in [5.41, 5.74) is 0.493. The summed E-state index contributed by atoms with van der Waals surface area (Å²) in [6.07, 6.45) is 0.819. The first-order chi connectivity index (χ1) is 8.68. The second-order valence-corrected chi connectivity index (χ2v) is 5.10. The molecule has 1 unspecified atom stereocenters. The van der Waals surface area contributed by atoms with Gasteiger partial charge < -0.3 is 10.4 Å². The number of aromatic nitrogens is 2. The number of aliphatic hydroxyl groups is 1. The van der Waals surface area contributed by atoms with Crippen LogP contribution in [0.1, 0.15) is 25.2 Å². The second-order valence-electron chi connectivity index (χ2n) is 4.35. The van der Waals surface area contributed by atoms with Crippen molar-refractivity contribution in [1.82, 2.24) is 9.36 Å². The molecule has 1 aromatic heterocycles. The molecule has 0 amide bonds. The Labute approximate surface area is 111 Å². The van der Waals surface area contributed by atoms with E-state index in [1.54, 1.807) is 0 Å². The highest BCUT2D eigenvalue weighted by atomic mass is 32.1. The lowest BCUT2D eigenvalue weighted by molar-refractivity contribution is 0.224. The molecule has 18 heavy (non-hydrogen) atoms. The largest absolute Gasteiger partial charge is 0.394 e. The Kier molecular flexibility index (Phi) is 3.93. The minimum absolute atomic E-state index is 0.00193. The fraction of sp³-hybridized carbons (Fsp3) is 0.385. The van der Waals surface area contributed by atoms with Crippen molar-refractivity contribution in [1.29, 1.82) is 0 Å². The summed E-state index contributed by atoms with van der Waals surface area (Å²) in [4.78, 5) is 4.37. The van der Waals surface area contributed by atoms with Crippen LogP contribution in [-0.2, 0) is 12.0 Å². The van der Waals surface area contributed by atoms with Gasteiger partial charge in [-0.25, -0.2) is 4.98 Å². The van der Waals surface area contributed by atoms with Gasteiger partial charge in [0.15, 0.2) is 0 Å². The lowest BCUT2D eigenvalue weighted by Crippen LogP contribution is -2.35. The summed E-state index contributed by atoms with van der Waals surface area (Å²) in [5.74, 6) is 0.829. The Balaban J connectivity index is 2.23. The van der Waals surface area contributed by atoms with Crippen LogP contribution in [0.25, 0.3) is 0 Å². The van der Waals surface area contributed by atoms with E-state index in [0.717, 1.165) is 22.9 Å². The number of nitrogens with zero attached hydrogens (tertiary/aromatic N) is 2. The van der Waals surface area contributed by atoms with Crippen molar-refractivity contribution in [3.63, 3.8) is 0 Å². The van der Waals surface area contributed by atoms with Crippen LogP contribution in [0.15, 0.2) is 30.3 Å². The van der Waals surface area contributed by atoms with Crippen LogP contribution in [0.4, 0.5) is 5.13 Å². The maximum atomic E-state index is 9.66. The van der Waals surface area contributed by atoms with Crippen molar-refractivity contribution in [3.8, 4) is 0 Å². The molecule has 5 heteroatoms. The van der Waals surface area contributed by atoms with E-state index in [9.17, 15) is 5.11 Å². The van der Waals surface area contributed by atoms with Gasteiger partial charge in [-0.3, -0.25) is 0 Å². The van der Waals surface area contributed by atoms with Crippen molar-refractivity contribution in [2.75, 3.05) is 11.9 Å². The zero-order valence-corrected chi connectivity index (χ0v) is 11.4. The van der Waals surface area contributed by atoms with Crippen LogP contribution in [0.3, 0.4) is 0 Å². The average molecular weight is 263 g/mol. The van der Waals surface area contributed by atoms with E-state index >= 15 is 0 Å². The maximum absolute atomic E-state index is 9.66. The third-order valence-corrected chi connectivity index (χ3v) is 3.56. The minimum Gasteiger partial charge on any atom is -0.394 e. The standard InChI is InChI=1S/C13H17N3OS/c1-3-11-14-12(18-16-11)15-13(2,9-17)10-7-5-4-6-8-10/h4-8,17H,3,9H2,1-2H3,(H,14,15,16). The number of anilines is 1. The van der Waals surface area contributed by atoms with Crippen LogP contribution >= 0.6 is 11.5 Å². The summed E-state index contributed by atoms with van der Waals surface area (Å²) in [6, 6.07) is 9.86. The molecule has 1 heterocycles. The van der Waals surface area contributed by atoms with Gasteiger partial charge >= 0.3 is 0 Å². The van der Waals surface area contributed by atoms with Gasteiger partial charge in [-0.15, -0.1) is 0 Å². The van der Waals surface area contributed by atoms with E-state index in [1.807, 2.05) is 44.2 Å². The molecule has 0 aliphatic heterocycles. The molecule has 0 bridgehead atoms. The van der Waals surface area contributed by atoms with Crippen molar-refractivity contribution in [3.05, 3.63) is 41.7 Å². The fourth-order valence-electron chi connectivity index (χ4n) is 1.69. The molecule has 0 aliphatic rings. The number of aliphatic hydroxyl groups excluding tert-OH is 1. The molecule has 1 atom stereocenters. The predicted molar refractivity (Wildman–Crippen MR) is 73.8 cm³/mol. The third kappa shape index (κ3) is 2.68. The number of hydrogen-bond acceptors (Lipinski definition) is 5. The van der Waals surface area contributed by atoms with E-state index in [1.165, 1.54) is 11.5 Å². The zero-order chi connectivity index (χ0) is 13.0. The lowest BCUT2D eigenvalue weighted by atomic mass is 9.93. The smallest absolute Gasteiger partial charge is 0.203 e. The lowest BCUT2D eigenvalue weighted by Gasteiger charge is -2.28. The molecule has 0 radical (unpaired) electrons. The summed E-state index contributed by atoms with van der Waals surface area (Å²) < 4.78 is 4.23. The highest BCUT2D eigenvalue weighted by Gasteiger charge is 2.26. The van der Waals surface area contributed by atoms with Crippen LogP contribution in [0.5, 0.6) is 0 Å². The summed E-state index contributed by atoms with van der Waals surface area (Å²) >= 11 is 1.33. The Bertz CT molecular complexity index is 500. The monoisotopic (exact) mass is 263 g/mol. The van der Waals surface area contributed by atoms with Gasteiger partial charge in [-0.1, -0.05) is 37.3 Å². The van der Waals surface area contributed by atoms with E-state index in [-0.39, 0.29) is 6.61 Å². The number of aryl methyl sites for hydroxylation is 1. The molecule has 0 fully saturated rings. The Morgan fingerprint density at radius 1 is 1.33 bits per heavy atom. The van der Waals surface area contributed by atoms with E-state index in [2.05, 4.69) is 14.7 Å². The first-order valence-electron chi connectivity index (χ1n) is 5.95. The molecule has 0 saturated heterocycles. The summed E-state index contributed by atoms with van der Waals surface area (Å²) in [5, 5.41) is 13.7. The average Bonchev–Trinajstić information content (AvgIpc) is 2.87. The summed E-state index contributed by atoms with van der Waals surface area (Å²) in [7, 11) is 0. The fourth-order valence-corrected chi connectivity index (χ4v) is 2.47. The van der Waals surface area contributed by atoms with Crippen LogP contribution in [-0.4, -0.2) is 21.1 Å². The molecule has 0 saturated carbocycles. The van der Waals surface area contributed by atoms with Gasteiger partial charge in [-0.2, -0.15) is 4.37 Å². The predicted octanol–water partition coefficient (Wildman–Crippen LogP) is 2.42. The second kappa shape index (κ2) is 5.46. The van der Waals surface area contributed by atoms with Gasteiger partial charge in [0, 0.05) is 18.0 Å². The molecule has 96 valence electrons. The van der Waals surface area contributed by atoms with Gasteiger partial charge in [0.1, 0.15) is 5.82 Å². The molecular formula is C13H17N3OS. The molecule has 2 rings (SSSR count). The van der Waals surface area contributed by atoms with Gasteiger partial charge in [0.25, 0.3) is 0 Å². The molecule has 2 N–H and O–H groups in total. The highest BCUT2D eigenvalue weighted by molar-refractivity contribution is 7.09. The van der Waals surface area contributed by atoms with Crippen molar-refractivity contribution in [2.24, 2.45) is 0 Å². The molecular weight excluding hydrogens is 246 g/mol. The summed E-state index contributed by atoms with van der Waals surface area (Å²) in [6.45, 7) is 3.97. The van der Waals surface area contributed by atoms with Crippen LogP contribution < -0.4 is 5.32 Å². The Morgan fingerprint density at radius 2 is 2.06 bits per heavy atom. The SMILES string of the molecule is CCc1nsc(NC(C)(CO)c2ccccc2)n1. The molecule has 0 aliphatic carbocycles. The van der Waals surface area contributed by atoms with E-state index in [0.29, 0.717) is 0 Å². The van der Waals surface area contributed by atoms with E-state index < -0.39 is 5.54 Å². The van der Waals surface area contributed by atoms with E-state index in [4.69, 9.17) is 0 Å². The Morgan fingerprint density at radius 3 is 2.61 bits per heavy atom. The normalized spacial score (nSPS) is 14.2. The quantitative estimate of drug-likeness (QED) is 0.870. The van der Waals surface area contributed by atoms with Crippen molar-refractivity contribution < 1.29 is 5.11 Å². The van der Waals surface area contributed by atoms with Crippen molar-refractivity contribution in [2.45, 2.75) is 25.8 Å². The number of benzene rings is 1. The molecule has 2 aromatic rings. The number of hydrogen-bond donors (Lipinski definition) is 2. The number of nitrogens with one attached hydrogen (secondary N) is 1. The highest BCUT2D eigenvalue weighted by Crippen LogP contribution is 2.26. The van der Waals surface area contributed by atoms with Crippen LogP contribution in [0.2, 0.25) is 0 Å². The Hall–Kier alpha value is -1.46. The maximum Gasteiger partial charge on any atom is 0.203 e. The molecule has 4 nitrogen and oxygen atoms in total. The molecule has 1 aromatic carbocycles. The molecule has 0 spiro atoms. The minimum atomic E-state index is -0.536. The van der Waals surface area contributed by atoms with Crippen LogP contribution in [0, 0.1) is 0 Å². The van der Waals surface area contributed by atoms with Gasteiger partial charge in [0.05, 0.1) is 12.1 Å². The zero-order valence-electron chi connectivity index (χ0n) is 10.6. The first-order valence-corrected chi connectivity index (χ1v) is 6.72. The first kappa shape index (κ1) is 13.0. The van der Waals surface area contributed by atoms with Gasteiger partial charge in [0.2, 0.25) is 5.13 Å². The van der Waals surface area contributed by atoms with Crippen molar-refractivity contribution >= 4 is 16.7 Å². The number of rotatable bonds is 5.